The molecule has 2 aromatic carbocycles. The zero-order valence-electron chi connectivity index (χ0n) is 12.5. The normalized spacial score (nSPS) is 10.3. The summed E-state index contributed by atoms with van der Waals surface area (Å²) in [5, 5.41) is -0.347. The molecular weight excluding hydrogens is 367 g/mol. The molecule has 0 fully saturated rings. The van der Waals surface area contributed by atoms with Gasteiger partial charge in [-0.15, -0.1) is 9.05 Å². The fraction of sp³-hybridized carbons (Fsp3) is 0.125. The summed E-state index contributed by atoms with van der Waals surface area (Å²) in [5.41, 5.74) is 1.09. The minimum Gasteiger partial charge on any atom is -0.281 e. The van der Waals surface area contributed by atoms with Crippen molar-refractivity contribution >= 4 is 42.0 Å². The summed E-state index contributed by atoms with van der Waals surface area (Å²) in [7, 11) is -2.38. The molecule has 0 spiro atoms. The Hall–Kier alpha value is -1.50. The second kappa shape index (κ2) is 10.4. The van der Waals surface area contributed by atoms with Crippen molar-refractivity contribution in [1.29, 1.82) is 0 Å². The molecule has 0 amide bonds. The summed E-state index contributed by atoms with van der Waals surface area (Å²) < 4.78 is 21.4. The van der Waals surface area contributed by atoms with Crippen molar-refractivity contribution in [2.75, 3.05) is 11.9 Å². The van der Waals surface area contributed by atoms with Crippen LogP contribution in [0, 0.1) is 0 Å². The third kappa shape index (κ3) is 6.55. The predicted octanol–water partition coefficient (Wildman–Crippen LogP) is 4.74. The number of hydrogen-bond donors (Lipinski definition) is 0. The quantitative estimate of drug-likeness (QED) is 0.483. The van der Waals surface area contributed by atoms with Gasteiger partial charge in [-0.25, -0.2) is 0 Å². The second-order valence-corrected chi connectivity index (χ2v) is 7.07. The summed E-state index contributed by atoms with van der Waals surface area (Å²) >= 11 is 1.79. The first-order valence-electron chi connectivity index (χ1n) is 6.84. The third-order valence-corrected chi connectivity index (χ3v) is 5.21. The van der Waals surface area contributed by atoms with Crippen LogP contribution in [0.5, 0.6) is 0 Å². The molecule has 0 bridgehead atoms. The maximum Gasteiger partial charge on any atom is 0.699 e. The molecule has 0 aliphatic rings. The van der Waals surface area contributed by atoms with Gasteiger partial charge in [0.1, 0.15) is 0 Å². The zero-order valence-corrected chi connectivity index (χ0v) is 15.0. The van der Waals surface area contributed by atoms with E-state index in [1.165, 1.54) is 0 Å². The number of carbonyl (C=O) groups excluding carboxylic acids is 2. The second-order valence-electron chi connectivity index (χ2n) is 4.31. The highest BCUT2D eigenvalue weighted by Gasteiger charge is 2.22. The molecule has 5 nitrogen and oxygen atoms in total. The summed E-state index contributed by atoms with van der Waals surface area (Å²) in [6, 6.07) is 17.5. The lowest BCUT2D eigenvalue weighted by Gasteiger charge is -1.97. The van der Waals surface area contributed by atoms with E-state index in [1.54, 1.807) is 48.5 Å². The van der Waals surface area contributed by atoms with E-state index in [9.17, 15) is 14.2 Å². The molecule has 0 aliphatic heterocycles. The van der Waals surface area contributed by atoms with Gasteiger partial charge in [0.05, 0.1) is 0 Å². The standard InChI is InChI=1S/C16H14O5PS2/c17-15(13-7-3-1-4-8-13)23-11-20-22(19)21-12-24-16(18)14-9-5-2-6-10-14/h1-10H,11-12H2/q+1. The molecule has 0 radical (unpaired) electrons. The smallest absolute Gasteiger partial charge is 0.281 e. The van der Waals surface area contributed by atoms with Crippen LogP contribution in [0.25, 0.3) is 0 Å². The van der Waals surface area contributed by atoms with Crippen molar-refractivity contribution in [3.8, 4) is 0 Å². The average molecular weight is 381 g/mol. The highest BCUT2D eigenvalue weighted by Crippen LogP contribution is 2.28. The fourth-order valence-corrected chi connectivity index (χ4v) is 3.60. The van der Waals surface area contributed by atoms with Crippen molar-refractivity contribution in [3.05, 3.63) is 71.8 Å². The molecule has 0 unspecified atom stereocenters. The Morgan fingerprint density at radius 2 is 1.12 bits per heavy atom. The number of carbonyl (C=O) groups is 2. The molecule has 24 heavy (non-hydrogen) atoms. The van der Waals surface area contributed by atoms with Crippen molar-refractivity contribution < 1.29 is 23.2 Å². The van der Waals surface area contributed by atoms with Gasteiger partial charge < -0.3 is 0 Å². The topological polar surface area (TPSA) is 69.7 Å². The van der Waals surface area contributed by atoms with Gasteiger partial charge in [0.15, 0.2) is 11.9 Å². The van der Waals surface area contributed by atoms with E-state index in [2.05, 4.69) is 0 Å². The molecule has 0 aliphatic carbocycles. The molecule has 0 aromatic heterocycles. The molecule has 0 saturated carbocycles. The van der Waals surface area contributed by atoms with Gasteiger partial charge in [-0.2, -0.15) is 0 Å². The molecule has 0 heterocycles. The lowest BCUT2D eigenvalue weighted by Crippen LogP contribution is -1.97. The van der Waals surface area contributed by atoms with E-state index < -0.39 is 8.25 Å². The van der Waals surface area contributed by atoms with Crippen LogP contribution in [-0.4, -0.2) is 22.1 Å². The van der Waals surface area contributed by atoms with E-state index >= 15 is 0 Å². The van der Waals surface area contributed by atoms with Gasteiger partial charge in [-0.05, 0) is 23.5 Å². The predicted molar refractivity (Wildman–Crippen MR) is 96.2 cm³/mol. The Labute approximate surface area is 149 Å². The maximum atomic E-state index is 11.8. The van der Waals surface area contributed by atoms with Crippen LogP contribution in [0.15, 0.2) is 60.7 Å². The zero-order chi connectivity index (χ0) is 17.2. The SMILES string of the molecule is O=C(SCO[P+](=O)OCSC(=O)c1ccccc1)c1ccccc1. The average Bonchev–Trinajstić information content (AvgIpc) is 2.63. The van der Waals surface area contributed by atoms with E-state index in [0.717, 1.165) is 23.5 Å². The minimum atomic E-state index is -2.38. The van der Waals surface area contributed by atoms with Crippen LogP contribution < -0.4 is 0 Å². The first kappa shape index (κ1) is 18.8. The molecular formula is C16H14O5PS2+. The first-order chi connectivity index (χ1) is 11.7. The monoisotopic (exact) mass is 381 g/mol. The van der Waals surface area contributed by atoms with Gasteiger partial charge in [-0.3, -0.25) is 9.59 Å². The minimum absolute atomic E-state index is 0.0831. The first-order valence-corrected chi connectivity index (χ1v) is 9.91. The third-order valence-electron chi connectivity index (χ3n) is 2.72. The Morgan fingerprint density at radius 3 is 1.50 bits per heavy atom. The van der Waals surface area contributed by atoms with Crippen LogP contribution in [0.2, 0.25) is 0 Å². The number of benzene rings is 2. The summed E-state index contributed by atoms with van der Waals surface area (Å²) in [4.78, 5) is 23.6. The Balaban J connectivity index is 1.62. The van der Waals surface area contributed by atoms with Gasteiger partial charge in [0, 0.05) is 15.7 Å². The van der Waals surface area contributed by atoms with Crippen LogP contribution in [-0.2, 0) is 13.6 Å². The number of hydrogen-bond acceptors (Lipinski definition) is 7. The van der Waals surface area contributed by atoms with Crippen molar-refractivity contribution in [2.24, 2.45) is 0 Å². The van der Waals surface area contributed by atoms with Gasteiger partial charge >= 0.3 is 8.25 Å². The van der Waals surface area contributed by atoms with Gasteiger partial charge in [0.25, 0.3) is 0 Å². The van der Waals surface area contributed by atoms with Crippen LogP contribution in [0.4, 0.5) is 0 Å². The van der Waals surface area contributed by atoms with Crippen LogP contribution in [0.1, 0.15) is 20.7 Å². The van der Waals surface area contributed by atoms with E-state index in [-0.39, 0.29) is 22.1 Å². The molecule has 0 atom stereocenters. The van der Waals surface area contributed by atoms with E-state index in [4.69, 9.17) is 9.05 Å². The van der Waals surface area contributed by atoms with Crippen LogP contribution in [0.3, 0.4) is 0 Å². The summed E-state index contributed by atoms with van der Waals surface area (Å²) in [5.74, 6) is -0.166. The highest BCUT2D eigenvalue weighted by molar-refractivity contribution is 8.14. The van der Waals surface area contributed by atoms with Crippen molar-refractivity contribution in [1.82, 2.24) is 0 Å². The maximum absolute atomic E-state index is 11.8. The van der Waals surface area contributed by atoms with Crippen molar-refractivity contribution in [3.63, 3.8) is 0 Å². The van der Waals surface area contributed by atoms with E-state index in [1.807, 2.05) is 12.1 Å². The molecule has 124 valence electrons. The molecule has 2 aromatic rings. The van der Waals surface area contributed by atoms with Gasteiger partial charge in [-0.1, -0.05) is 60.7 Å². The highest BCUT2D eigenvalue weighted by atomic mass is 32.2. The largest absolute Gasteiger partial charge is 0.699 e. The molecule has 2 rings (SSSR count). The number of rotatable bonds is 8. The molecule has 8 heteroatoms. The van der Waals surface area contributed by atoms with Crippen LogP contribution >= 0.6 is 31.8 Å². The van der Waals surface area contributed by atoms with E-state index in [0.29, 0.717) is 11.1 Å². The lowest BCUT2D eigenvalue weighted by molar-refractivity contribution is 0.108. The molecule has 0 saturated heterocycles. The Kier molecular flexibility index (Phi) is 8.15. The fourth-order valence-electron chi connectivity index (χ4n) is 1.60. The Morgan fingerprint density at radius 1 is 0.750 bits per heavy atom. The lowest BCUT2D eigenvalue weighted by atomic mass is 10.2. The Bertz CT molecular complexity index is 635. The van der Waals surface area contributed by atoms with Crippen molar-refractivity contribution in [2.45, 2.75) is 0 Å². The summed E-state index contributed by atoms with van der Waals surface area (Å²) in [6.45, 7) is 0. The summed E-state index contributed by atoms with van der Waals surface area (Å²) in [6.07, 6.45) is 0. The molecule has 0 N–H and O–H groups in total. The van der Waals surface area contributed by atoms with Gasteiger partial charge in [0.2, 0.25) is 10.2 Å². The number of thioether (sulfide) groups is 2.